The van der Waals surface area contributed by atoms with Crippen molar-refractivity contribution in [2.45, 2.75) is 39.0 Å². The summed E-state index contributed by atoms with van der Waals surface area (Å²) in [6.07, 6.45) is -4.64. The molecule has 32 heavy (non-hydrogen) atoms. The molecule has 4 rings (SSSR count). The van der Waals surface area contributed by atoms with E-state index in [0.29, 0.717) is 23.1 Å². The maximum absolute atomic E-state index is 12.7. The van der Waals surface area contributed by atoms with Crippen molar-refractivity contribution >= 4 is 29.3 Å². The summed E-state index contributed by atoms with van der Waals surface area (Å²) in [6.45, 7) is 6.20. The number of nitrogens with one attached hydrogen (secondary N) is 2. The van der Waals surface area contributed by atoms with Gasteiger partial charge in [-0.25, -0.2) is 4.98 Å². The lowest BCUT2D eigenvalue weighted by molar-refractivity contribution is -0.153. The maximum Gasteiger partial charge on any atom is 0.449 e. The highest BCUT2D eigenvalue weighted by atomic mass is 19.4. The number of hydrogen-bond donors (Lipinski definition) is 2. The van der Waals surface area contributed by atoms with E-state index in [0.717, 1.165) is 12.1 Å². The van der Waals surface area contributed by atoms with Crippen molar-refractivity contribution < 1.29 is 27.2 Å². The summed E-state index contributed by atoms with van der Waals surface area (Å²) in [5.41, 5.74) is 1.16. The molecular formula is C20H23F3N6O3. The number of nitrogens with zero attached hydrogens (tertiary/aromatic N) is 4. The minimum Gasteiger partial charge on any atom is -0.446 e. The third-order valence-electron chi connectivity index (χ3n) is 5.57. The Hall–Kier alpha value is -3.31. The van der Waals surface area contributed by atoms with Gasteiger partial charge in [-0.05, 0) is 25.0 Å². The quantitative estimate of drug-likeness (QED) is 0.735. The molecule has 0 aromatic carbocycles. The molecule has 0 spiro atoms. The average Bonchev–Trinajstić information content (AvgIpc) is 3.15. The number of rotatable bonds is 4. The molecule has 0 bridgehead atoms. The van der Waals surface area contributed by atoms with Gasteiger partial charge in [-0.15, -0.1) is 0 Å². The number of furan rings is 1. The Morgan fingerprint density at radius 2 is 1.97 bits per heavy atom. The standard InChI is InChI=1S/C20H23F3N6O3/c1-9(2)15-17(30)26-14-10(3)24-19(27-16(14)28(15)4)25-11-7-29(8-11)18(31)12-5-6-13(32-12)20(21,22)23/h5-6,9,11,15H,7-8H2,1-4H3,(H,26,30)(H,24,25,27)/t15-/m0/s1. The number of fused-ring (bicyclic) bond motifs is 1. The highest BCUT2D eigenvalue weighted by Gasteiger charge is 2.39. The number of aromatic nitrogens is 2. The largest absolute Gasteiger partial charge is 0.449 e. The van der Waals surface area contributed by atoms with Crippen molar-refractivity contribution in [3.63, 3.8) is 0 Å². The summed E-state index contributed by atoms with van der Waals surface area (Å²) in [7, 11) is 1.81. The maximum atomic E-state index is 12.7. The molecular weight excluding hydrogens is 429 g/mol. The van der Waals surface area contributed by atoms with Crippen LogP contribution in [0.2, 0.25) is 0 Å². The van der Waals surface area contributed by atoms with Crippen LogP contribution in [0.1, 0.15) is 35.9 Å². The molecule has 9 nitrogen and oxygen atoms in total. The zero-order chi connectivity index (χ0) is 23.4. The first kappa shape index (κ1) is 21.9. The van der Waals surface area contributed by atoms with Crippen LogP contribution in [0, 0.1) is 12.8 Å². The first-order chi connectivity index (χ1) is 15.0. The van der Waals surface area contributed by atoms with Gasteiger partial charge in [0.1, 0.15) is 11.7 Å². The molecule has 172 valence electrons. The number of alkyl halides is 3. The van der Waals surface area contributed by atoms with Gasteiger partial charge in [0, 0.05) is 20.1 Å². The van der Waals surface area contributed by atoms with E-state index >= 15 is 0 Å². The van der Waals surface area contributed by atoms with Crippen LogP contribution >= 0.6 is 0 Å². The number of amides is 2. The number of hydrogen-bond acceptors (Lipinski definition) is 7. The van der Waals surface area contributed by atoms with Crippen LogP contribution in [0.4, 0.5) is 30.6 Å². The van der Waals surface area contributed by atoms with Crippen LogP contribution in [0.25, 0.3) is 0 Å². The van der Waals surface area contributed by atoms with Gasteiger partial charge in [-0.1, -0.05) is 13.8 Å². The third-order valence-corrected chi connectivity index (χ3v) is 5.57. The fraction of sp³-hybridized carbons (Fsp3) is 0.500. The van der Waals surface area contributed by atoms with Crippen molar-refractivity contribution in [2.24, 2.45) is 5.92 Å². The topological polar surface area (TPSA) is 104 Å². The van der Waals surface area contributed by atoms with Crippen LogP contribution < -0.4 is 15.5 Å². The molecule has 0 radical (unpaired) electrons. The molecule has 2 aliphatic rings. The summed E-state index contributed by atoms with van der Waals surface area (Å²) in [6, 6.07) is 1.23. The lowest BCUT2D eigenvalue weighted by atomic mass is 9.99. The normalized spacial score (nSPS) is 19.0. The minimum atomic E-state index is -4.64. The number of likely N-dealkylation sites (tertiary alicyclic amines) is 1. The second-order valence-corrected chi connectivity index (χ2v) is 8.33. The highest BCUT2D eigenvalue weighted by molar-refractivity contribution is 6.03. The van der Waals surface area contributed by atoms with Gasteiger partial charge >= 0.3 is 6.18 Å². The lowest BCUT2D eigenvalue weighted by Crippen LogP contribution is -2.57. The second kappa shape index (κ2) is 7.68. The van der Waals surface area contributed by atoms with E-state index in [1.807, 2.05) is 18.7 Å². The van der Waals surface area contributed by atoms with Crippen LogP contribution in [-0.2, 0) is 11.0 Å². The molecule has 12 heteroatoms. The summed E-state index contributed by atoms with van der Waals surface area (Å²) in [5.74, 6) is -1.25. The van der Waals surface area contributed by atoms with E-state index < -0.39 is 17.8 Å². The predicted octanol–water partition coefficient (Wildman–Crippen LogP) is 2.75. The Balaban J connectivity index is 1.42. The van der Waals surface area contributed by atoms with E-state index in [-0.39, 0.29) is 42.8 Å². The molecule has 2 N–H and O–H groups in total. The summed E-state index contributed by atoms with van der Waals surface area (Å²) < 4.78 is 42.6. The van der Waals surface area contributed by atoms with Crippen molar-refractivity contribution in [3.8, 4) is 0 Å². The number of halogens is 3. The number of carbonyl (C=O) groups is 2. The highest BCUT2D eigenvalue weighted by Crippen LogP contribution is 2.35. The second-order valence-electron chi connectivity index (χ2n) is 8.33. The molecule has 0 saturated carbocycles. The molecule has 0 unspecified atom stereocenters. The number of likely N-dealkylation sites (N-methyl/N-ethyl adjacent to an activating group) is 1. The zero-order valence-corrected chi connectivity index (χ0v) is 17.9. The van der Waals surface area contributed by atoms with Crippen LogP contribution in [0.5, 0.6) is 0 Å². The molecule has 0 aliphatic carbocycles. The molecule has 2 aromatic heterocycles. The number of aryl methyl sites for hydroxylation is 1. The molecule has 1 fully saturated rings. The molecule has 1 saturated heterocycles. The van der Waals surface area contributed by atoms with Crippen LogP contribution in [0.15, 0.2) is 16.5 Å². The van der Waals surface area contributed by atoms with Crippen LogP contribution in [0.3, 0.4) is 0 Å². The van der Waals surface area contributed by atoms with E-state index in [4.69, 9.17) is 0 Å². The Labute approximate surface area is 182 Å². The number of carbonyl (C=O) groups excluding carboxylic acids is 2. The molecule has 4 heterocycles. The van der Waals surface area contributed by atoms with Crippen molar-refractivity contribution in [1.82, 2.24) is 14.9 Å². The smallest absolute Gasteiger partial charge is 0.446 e. The van der Waals surface area contributed by atoms with Crippen molar-refractivity contribution in [2.75, 3.05) is 35.7 Å². The Morgan fingerprint density at radius 1 is 1.28 bits per heavy atom. The van der Waals surface area contributed by atoms with E-state index in [2.05, 4.69) is 25.0 Å². The van der Waals surface area contributed by atoms with Gasteiger partial charge in [0.2, 0.25) is 17.6 Å². The Morgan fingerprint density at radius 3 is 2.56 bits per heavy atom. The van der Waals surface area contributed by atoms with E-state index in [9.17, 15) is 22.8 Å². The van der Waals surface area contributed by atoms with E-state index in [1.54, 1.807) is 14.0 Å². The van der Waals surface area contributed by atoms with Crippen LogP contribution in [-0.4, -0.2) is 58.9 Å². The summed E-state index contributed by atoms with van der Waals surface area (Å²) in [4.78, 5) is 36.9. The SMILES string of the molecule is Cc1nc(NC2CN(C(=O)c3ccc(C(F)(F)F)o3)C2)nc2c1NC(=O)[C@H](C(C)C)N2C. The molecule has 2 aromatic rings. The fourth-order valence-corrected chi connectivity index (χ4v) is 3.96. The number of anilines is 3. The molecule has 2 aliphatic heterocycles. The summed E-state index contributed by atoms with van der Waals surface area (Å²) >= 11 is 0. The van der Waals surface area contributed by atoms with Gasteiger partial charge in [0.05, 0.1) is 11.7 Å². The zero-order valence-electron chi connectivity index (χ0n) is 17.9. The van der Waals surface area contributed by atoms with Gasteiger partial charge in [-0.2, -0.15) is 18.2 Å². The molecule has 2 amide bonds. The van der Waals surface area contributed by atoms with Gasteiger partial charge in [0.15, 0.2) is 11.6 Å². The fourth-order valence-electron chi connectivity index (χ4n) is 3.96. The van der Waals surface area contributed by atoms with Gasteiger partial charge in [-0.3, -0.25) is 9.59 Å². The van der Waals surface area contributed by atoms with Crippen molar-refractivity contribution in [3.05, 3.63) is 29.3 Å². The Kier molecular flexibility index (Phi) is 5.25. The first-order valence-electron chi connectivity index (χ1n) is 10.1. The predicted molar refractivity (Wildman–Crippen MR) is 109 cm³/mol. The van der Waals surface area contributed by atoms with Gasteiger partial charge < -0.3 is 24.9 Å². The first-order valence-corrected chi connectivity index (χ1v) is 10.1. The summed E-state index contributed by atoms with van der Waals surface area (Å²) in [5, 5.41) is 6.02. The lowest BCUT2D eigenvalue weighted by Gasteiger charge is -2.40. The van der Waals surface area contributed by atoms with E-state index in [1.165, 1.54) is 4.90 Å². The third kappa shape index (κ3) is 3.84. The average molecular weight is 452 g/mol. The minimum absolute atomic E-state index is 0.0745. The monoisotopic (exact) mass is 452 g/mol. The van der Waals surface area contributed by atoms with Crippen molar-refractivity contribution in [1.29, 1.82) is 0 Å². The Bertz CT molecular complexity index is 1060. The molecule has 1 atom stereocenters. The van der Waals surface area contributed by atoms with Gasteiger partial charge in [0.25, 0.3) is 5.91 Å².